The van der Waals surface area contributed by atoms with Crippen molar-refractivity contribution in [3.8, 4) is 5.69 Å². The first-order valence-corrected chi connectivity index (χ1v) is 6.02. The van der Waals surface area contributed by atoms with Crippen molar-refractivity contribution in [2.75, 3.05) is 7.11 Å². The number of hydrogen-bond donors (Lipinski definition) is 1. The quantitative estimate of drug-likeness (QED) is 0.880. The third-order valence-electron chi connectivity index (χ3n) is 2.97. The summed E-state index contributed by atoms with van der Waals surface area (Å²) in [6.07, 6.45) is 1.68. The number of aromatic nitrogens is 2. The van der Waals surface area contributed by atoms with Gasteiger partial charge in [0.25, 0.3) is 0 Å². The average molecular weight is 246 g/mol. The molecule has 1 aromatic carbocycles. The van der Waals surface area contributed by atoms with Crippen molar-refractivity contribution in [2.24, 2.45) is 0 Å². The standard InChI is InChI=1S/C14H18N2O2/c1-11(18-2)10-14(17)13-8-9-15-16(13)12-6-4-3-5-7-12/h3-9,11,14,17H,10H2,1-2H3. The summed E-state index contributed by atoms with van der Waals surface area (Å²) in [6, 6.07) is 11.6. The number of benzene rings is 1. The maximum absolute atomic E-state index is 10.2. The molecule has 2 aromatic rings. The number of para-hydroxylation sites is 1. The lowest BCUT2D eigenvalue weighted by Crippen LogP contribution is -2.14. The van der Waals surface area contributed by atoms with Gasteiger partial charge in [-0.25, -0.2) is 4.68 Å². The van der Waals surface area contributed by atoms with Crippen LogP contribution in [0.1, 0.15) is 25.1 Å². The van der Waals surface area contributed by atoms with E-state index in [1.807, 2.05) is 43.3 Å². The number of rotatable bonds is 5. The molecule has 1 aromatic heterocycles. The highest BCUT2D eigenvalue weighted by molar-refractivity contribution is 5.32. The number of nitrogens with zero attached hydrogens (tertiary/aromatic N) is 2. The first-order chi connectivity index (χ1) is 8.72. The summed E-state index contributed by atoms with van der Waals surface area (Å²) in [6.45, 7) is 1.94. The monoisotopic (exact) mass is 246 g/mol. The largest absolute Gasteiger partial charge is 0.387 e. The zero-order valence-corrected chi connectivity index (χ0v) is 10.7. The second-order valence-electron chi connectivity index (χ2n) is 4.30. The summed E-state index contributed by atoms with van der Waals surface area (Å²) in [4.78, 5) is 0. The maximum Gasteiger partial charge on any atom is 0.0985 e. The van der Waals surface area contributed by atoms with E-state index in [-0.39, 0.29) is 6.10 Å². The molecule has 1 heterocycles. The van der Waals surface area contributed by atoms with Gasteiger partial charge in [-0.1, -0.05) is 18.2 Å². The summed E-state index contributed by atoms with van der Waals surface area (Å²) in [5.41, 5.74) is 1.73. The number of hydrogen-bond acceptors (Lipinski definition) is 3. The third-order valence-corrected chi connectivity index (χ3v) is 2.97. The van der Waals surface area contributed by atoms with Gasteiger partial charge in [0, 0.05) is 19.7 Å². The van der Waals surface area contributed by atoms with Crippen LogP contribution in [0.25, 0.3) is 5.69 Å². The van der Waals surface area contributed by atoms with Crippen molar-refractivity contribution in [1.82, 2.24) is 9.78 Å². The molecule has 0 fully saturated rings. The normalized spacial score (nSPS) is 14.4. The minimum Gasteiger partial charge on any atom is -0.387 e. The molecule has 0 amide bonds. The van der Waals surface area contributed by atoms with E-state index in [4.69, 9.17) is 4.74 Å². The fourth-order valence-electron chi connectivity index (χ4n) is 1.88. The minimum absolute atomic E-state index is 0.0131. The molecule has 0 spiro atoms. The molecule has 4 heteroatoms. The number of aliphatic hydroxyl groups excluding tert-OH is 1. The Labute approximate surface area is 107 Å². The van der Waals surface area contributed by atoms with Gasteiger partial charge in [-0.2, -0.15) is 5.10 Å². The van der Waals surface area contributed by atoms with Crippen LogP contribution in [-0.4, -0.2) is 28.1 Å². The summed E-state index contributed by atoms with van der Waals surface area (Å²) >= 11 is 0. The molecule has 0 saturated carbocycles. The van der Waals surface area contributed by atoms with Crippen LogP contribution in [0.15, 0.2) is 42.6 Å². The molecule has 2 rings (SSSR count). The second-order valence-corrected chi connectivity index (χ2v) is 4.30. The zero-order chi connectivity index (χ0) is 13.0. The van der Waals surface area contributed by atoms with E-state index >= 15 is 0 Å². The molecule has 0 aliphatic heterocycles. The van der Waals surface area contributed by atoms with E-state index in [1.54, 1.807) is 18.0 Å². The molecule has 2 atom stereocenters. The van der Waals surface area contributed by atoms with E-state index in [1.165, 1.54) is 0 Å². The highest BCUT2D eigenvalue weighted by atomic mass is 16.5. The third kappa shape index (κ3) is 2.78. The van der Waals surface area contributed by atoms with Gasteiger partial charge in [-0.3, -0.25) is 0 Å². The van der Waals surface area contributed by atoms with Crippen LogP contribution in [0, 0.1) is 0 Å². The van der Waals surface area contributed by atoms with Crippen LogP contribution in [0.2, 0.25) is 0 Å². The van der Waals surface area contributed by atoms with Gasteiger partial charge in [0.1, 0.15) is 0 Å². The van der Waals surface area contributed by atoms with Crippen LogP contribution in [0.3, 0.4) is 0 Å². The Hall–Kier alpha value is -1.65. The predicted molar refractivity (Wildman–Crippen MR) is 69.6 cm³/mol. The molecule has 18 heavy (non-hydrogen) atoms. The highest BCUT2D eigenvalue weighted by Crippen LogP contribution is 2.21. The molecule has 0 aliphatic rings. The number of methoxy groups -OCH3 is 1. The van der Waals surface area contributed by atoms with Crippen molar-refractivity contribution >= 4 is 0 Å². The van der Waals surface area contributed by atoms with Gasteiger partial charge in [-0.05, 0) is 25.1 Å². The van der Waals surface area contributed by atoms with Crippen molar-refractivity contribution < 1.29 is 9.84 Å². The predicted octanol–water partition coefficient (Wildman–Crippen LogP) is 2.33. The molecule has 0 radical (unpaired) electrons. The lowest BCUT2D eigenvalue weighted by Gasteiger charge is -2.16. The van der Waals surface area contributed by atoms with E-state index < -0.39 is 6.10 Å². The SMILES string of the molecule is COC(C)CC(O)c1ccnn1-c1ccccc1. The zero-order valence-electron chi connectivity index (χ0n) is 10.7. The van der Waals surface area contributed by atoms with Gasteiger partial charge >= 0.3 is 0 Å². The lowest BCUT2D eigenvalue weighted by atomic mass is 10.1. The van der Waals surface area contributed by atoms with E-state index in [0.717, 1.165) is 11.4 Å². The van der Waals surface area contributed by atoms with Gasteiger partial charge in [0.05, 0.1) is 23.6 Å². The Bertz CT molecular complexity index is 482. The van der Waals surface area contributed by atoms with E-state index in [0.29, 0.717) is 6.42 Å². The fourth-order valence-corrected chi connectivity index (χ4v) is 1.88. The van der Waals surface area contributed by atoms with Gasteiger partial charge < -0.3 is 9.84 Å². The van der Waals surface area contributed by atoms with E-state index in [2.05, 4.69) is 5.10 Å². The summed E-state index contributed by atoms with van der Waals surface area (Å²) in [5, 5.41) is 14.5. The molecule has 96 valence electrons. The molecule has 2 unspecified atom stereocenters. The van der Waals surface area contributed by atoms with Gasteiger partial charge in [0.15, 0.2) is 0 Å². The van der Waals surface area contributed by atoms with Crippen LogP contribution in [-0.2, 0) is 4.74 Å². The Kier molecular flexibility index (Phi) is 4.12. The molecule has 0 bridgehead atoms. The van der Waals surface area contributed by atoms with Crippen LogP contribution < -0.4 is 0 Å². The highest BCUT2D eigenvalue weighted by Gasteiger charge is 2.16. The molecule has 4 nitrogen and oxygen atoms in total. The van der Waals surface area contributed by atoms with Crippen molar-refractivity contribution in [1.29, 1.82) is 0 Å². The lowest BCUT2D eigenvalue weighted by molar-refractivity contribution is 0.0533. The Morgan fingerprint density at radius 1 is 1.28 bits per heavy atom. The maximum atomic E-state index is 10.2. The number of ether oxygens (including phenoxy) is 1. The Morgan fingerprint density at radius 2 is 2.00 bits per heavy atom. The molecular weight excluding hydrogens is 228 g/mol. The van der Waals surface area contributed by atoms with Crippen LogP contribution >= 0.6 is 0 Å². The van der Waals surface area contributed by atoms with Crippen molar-refractivity contribution in [3.05, 3.63) is 48.3 Å². The van der Waals surface area contributed by atoms with Gasteiger partial charge in [0.2, 0.25) is 0 Å². The Morgan fingerprint density at radius 3 is 2.67 bits per heavy atom. The topological polar surface area (TPSA) is 47.3 Å². The summed E-state index contributed by atoms with van der Waals surface area (Å²) < 4.78 is 6.93. The van der Waals surface area contributed by atoms with E-state index in [9.17, 15) is 5.11 Å². The second kappa shape index (κ2) is 5.80. The van der Waals surface area contributed by atoms with Crippen LogP contribution in [0.4, 0.5) is 0 Å². The first-order valence-electron chi connectivity index (χ1n) is 6.02. The van der Waals surface area contributed by atoms with Crippen molar-refractivity contribution in [3.63, 3.8) is 0 Å². The number of aliphatic hydroxyl groups is 1. The summed E-state index contributed by atoms with van der Waals surface area (Å²) in [5.74, 6) is 0. The first kappa shape index (κ1) is 12.8. The smallest absolute Gasteiger partial charge is 0.0985 e. The van der Waals surface area contributed by atoms with Crippen LogP contribution in [0.5, 0.6) is 0 Å². The molecular formula is C14H18N2O2. The van der Waals surface area contributed by atoms with Crippen molar-refractivity contribution in [2.45, 2.75) is 25.6 Å². The molecule has 1 N–H and O–H groups in total. The van der Waals surface area contributed by atoms with Gasteiger partial charge in [-0.15, -0.1) is 0 Å². The summed E-state index contributed by atoms with van der Waals surface area (Å²) in [7, 11) is 1.64. The molecule has 0 aliphatic carbocycles. The minimum atomic E-state index is -0.581. The fraction of sp³-hybridized carbons (Fsp3) is 0.357. The molecule has 0 saturated heterocycles. The Balaban J connectivity index is 2.23. The average Bonchev–Trinajstić information content (AvgIpc) is 2.88.